The fraction of sp³-hybridized carbons (Fsp3) is 0.375. The molecule has 0 saturated heterocycles. The van der Waals surface area contributed by atoms with Gasteiger partial charge < -0.3 is 9.47 Å². The summed E-state index contributed by atoms with van der Waals surface area (Å²) in [5.74, 6) is -1.25. The molecule has 0 radical (unpaired) electrons. The molecule has 0 amide bonds. The van der Waals surface area contributed by atoms with Crippen LogP contribution in [0.2, 0.25) is 0 Å². The molecule has 9 heteroatoms. The SMILES string of the molecule is COc1c(C(F)F)ncc(OC(F)(F)F)c1Br. The van der Waals surface area contributed by atoms with E-state index in [1.807, 2.05) is 0 Å². The van der Waals surface area contributed by atoms with Gasteiger partial charge in [0, 0.05) is 0 Å². The average molecular weight is 322 g/mol. The smallest absolute Gasteiger partial charge is 0.493 e. The van der Waals surface area contributed by atoms with Crippen molar-refractivity contribution in [2.45, 2.75) is 12.8 Å². The Morgan fingerprint density at radius 1 is 1.35 bits per heavy atom. The summed E-state index contributed by atoms with van der Waals surface area (Å²) in [6.45, 7) is 0. The van der Waals surface area contributed by atoms with Gasteiger partial charge in [-0.1, -0.05) is 0 Å². The summed E-state index contributed by atoms with van der Waals surface area (Å²) >= 11 is 2.69. The maximum atomic E-state index is 12.4. The zero-order valence-electron chi connectivity index (χ0n) is 8.19. The molecule has 96 valence electrons. The van der Waals surface area contributed by atoms with E-state index in [0.29, 0.717) is 6.20 Å². The van der Waals surface area contributed by atoms with Crippen LogP contribution in [0, 0.1) is 0 Å². The number of pyridine rings is 1. The van der Waals surface area contributed by atoms with Gasteiger partial charge in [0.1, 0.15) is 10.2 Å². The van der Waals surface area contributed by atoms with E-state index in [-0.39, 0.29) is 4.47 Å². The van der Waals surface area contributed by atoms with Crippen LogP contribution < -0.4 is 9.47 Å². The lowest BCUT2D eigenvalue weighted by Gasteiger charge is -2.14. The molecule has 1 heterocycles. The molecule has 0 unspecified atom stereocenters. The molecule has 0 saturated carbocycles. The van der Waals surface area contributed by atoms with Crippen molar-refractivity contribution >= 4 is 15.9 Å². The fourth-order valence-electron chi connectivity index (χ4n) is 1.01. The first-order valence-electron chi connectivity index (χ1n) is 4.02. The summed E-state index contributed by atoms with van der Waals surface area (Å²) in [5, 5.41) is 0. The average Bonchev–Trinajstić information content (AvgIpc) is 2.18. The fourth-order valence-corrected chi connectivity index (χ4v) is 1.56. The van der Waals surface area contributed by atoms with Crippen LogP contribution in [-0.2, 0) is 0 Å². The first kappa shape index (κ1) is 13.9. The van der Waals surface area contributed by atoms with E-state index in [0.717, 1.165) is 7.11 Å². The summed E-state index contributed by atoms with van der Waals surface area (Å²) in [5.41, 5.74) is -0.770. The first-order chi connectivity index (χ1) is 7.76. The highest BCUT2D eigenvalue weighted by atomic mass is 79.9. The van der Waals surface area contributed by atoms with Crippen molar-refractivity contribution in [3.05, 3.63) is 16.4 Å². The Labute approximate surface area is 101 Å². The van der Waals surface area contributed by atoms with E-state index in [2.05, 4.69) is 30.4 Å². The van der Waals surface area contributed by atoms with Crippen LogP contribution >= 0.6 is 15.9 Å². The monoisotopic (exact) mass is 321 g/mol. The number of halogens is 6. The molecule has 0 aromatic carbocycles. The highest BCUT2D eigenvalue weighted by molar-refractivity contribution is 9.10. The molecule has 0 bridgehead atoms. The van der Waals surface area contributed by atoms with E-state index >= 15 is 0 Å². The molecule has 0 atom stereocenters. The standard InChI is InChI=1S/C8H5BrF5NO2/c1-16-6-4(9)3(17-8(12,13)14)2-15-5(6)7(10)11/h2,7H,1H3. The predicted octanol–water partition coefficient (Wildman–Crippen LogP) is 3.69. The summed E-state index contributed by atoms with van der Waals surface area (Å²) < 4.78 is 68.5. The third-order valence-electron chi connectivity index (χ3n) is 1.61. The van der Waals surface area contributed by atoms with Gasteiger partial charge in [0.2, 0.25) is 0 Å². The molecular weight excluding hydrogens is 317 g/mol. The molecule has 0 aliphatic heterocycles. The molecule has 17 heavy (non-hydrogen) atoms. The Kier molecular flexibility index (Phi) is 4.12. The molecule has 1 aromatic heterocycles. The second-order valence-electron chi connectivity index (χ2n) is 2.70. The third-order valence-corrected chi connectivity index (χ3v) is 2.36. The maximum Gasteiger partial charge on any atom is 0.573 e. The van der Waals surface area contributed by atoms with Gasteiger partial charge in [-0.25, -0.2) is 13.8 Å². The highest BCUT2D eigenvalue weighted by Gasteiger charge is 2.33. The van der Waals surface area contributed by atoms with E-state index < -0.39 is 30.0 Å². The number of hydrogen-bond donors (Lipinski definition) is 0. The molecule has 0 aliphatic carbocycles. The molecule has 0 aliphatic rings. The van der Waals surface area contributed by atoms with Crippen molar-refractivity contribution in [2.24, 2.45) is 0 Å². The van der Waals surface area contributed by atoms with Crippen molar-refractivity contribution in [3.8, 4) is 11.5 Å². The van der Waals surface area contributed by atoms with Crippen LogP contribution in [0.5, 0.6) is 11.5 Å². The summed E-state index contributed by atoms with van der Waals surface area (Å²) in [6.07, 6.45) is -7.37. The highest BCUT2D eigenvalue weighted by Crippen LogP contribution is 2.41. The van der Waals surface area contributed by atoms with Gasteiger partial charge >= 0.3 is 6.36 Å². The van der Waals surface area contributed by atoms with Crippen LogP contribution in [0.4, 0.5) is 22.0 Å². The minimum atomic E-state index is -4.94. The minimum Gasteiger partial charge on any atom is -0.493 e. The van der Waals surface area contributed by atoms with Gasteiger partial charge in [0.25, 0.3) is 6.43 Å². The van der Waals surface area contributed by atoms with Gasteiger partial charge in [0.15, 0.2) is 11.5 Å². The number of methoxy groups -OCH3 is 1. The lowest BCUT2D eigenvalue weighted by molar-refractivity contribution is -0.275. The zero-order valence-corrected chi connectivity index (χ0v) is 9.77. The van der Waals surface area contributed by atoms with E-state index in [4.69, 9.17) is 0 Å². The van der Waals surface area contributed by atoms with Crippen molar-refractivity contribution in [1.82, 2.24) is 4.98 Å². The van der Waals surface area contributed by atoms with Gasteiger partial charge in [-0.3, -0.25) is 0 Å². The van der Waals surface area contributed by atoms with Gasteiger partial charge in [-0.15, -0.1) is 13.2 Å². The number of ether oxygens (including phenoxy) is 2. The van der Waals surface area contributed by atoms with Crippen LogP contribution in [0.1, 0.15) is 12.1 Å². The summed E-state index contributed by atoms with van der Waals surface area (Å²) in [4.78, 5) is 3.16. The Morgan fingerprint density at radius 3 is 2.35 bits per heavy atom. The number of aromatic nitrogens is 1. The number of nitrogens with zero attached hydrogens (tertiary/aromatic N) is 1. The Bertz CT molecular complexity index is 410. The second-order valence-corrected chi connectivity index (χ2v) is 3.50. The molecule has 3 nitrogen and oxygen atoms in total. The molecule has 1 rings (SSSR count). The Hall–Kier alpha value is -1.12. The van der Waals surface area contributed by atoms with E-state index in [1.165, 1.54) is 0 Å². The first-order valence-corrected chi connectivity index (χ1v) is 4.82. The summed E-state index contributed by atoms with van der Waals surface area (Å²) in [7, 11) is 1.03. The lowest BCUT2D eigenvalue weighted by Crippen LogP contribution is -2.18. The predicted molar refractivity (Wildman–Crippen MR) is 50.1 cm³/mol. The Balaban J connectivity index is 3.20. The molecule has 0 N–H and O–H groups in total. The molecular formula is C8H5BrF5NO2. The number of rotatable bonds is 3. The minimum absolute atomic E-state index is 0.373. The van der Waals surface area contributed by atoms with Crippen molar-refractivity contribution in [1.29, 1.82) is 0 Å². The van der Waals surface area contributed by atoms with Crippen molar-refractivity contribution in [3.63, 3.8) is 0 Å². The molecule has 1 aromatic rings. The largest absolute Gasteiger partial charge is 0.573 e. The van der Waals surface area contributed by atoms with Crippen LogP contribution in [-0.4, -0.2) is 18.5 Å². The second kappa shape index (κ2) is 5.03. The quantitative estimate of drug-likeness (QED) is 0.796. The van der Waals surface area contributed by atoms with Crippen LogP contribution in [0.3, 0.4) is 0 Å². The lowest BCUT2D eigenvalue weighted by atomic mass is 10.3. The zero-order chi connectivity index (χ0) is 13.2. The van der Waals surface area contributed by atoms with Crippen molar-refractivity contribution in [2.75, 3.05) is 7.11 Å². The summed E-state index contributed by atoms with van der Waals surface area (Å²) in [6, 6.07) is 0. The van der Waals surface area contributed by atoms with E-state index in [9.17, 15) is 22.0 Å². The maximum absolute atomic E-state index is 12.4. The van der Waals surface area contributed by atoms with Crippen LogP contribution in [0.25, 0.3) is 0 Å². The van der Waals surface area contributed by atoms with Gasteiger partial charge in [-0.2, -0.15) is 0 Å². The van der Waals surface area contributed by atoms with Gasteiger partial charge in [-0.05, 0) is 15.9 Å². The van der Waals surface area contributed by atoms with Gasteiger partial charge in [0.05, 0.1) is 13.3 Å². The Morgan fingerprint density at radius 2 is 1.94 bits per heavy atom. The number of alkyl halides is 5. The topological polar surface area (TPSA) is 31.4 Å². The van der Waals surface area contributed by atoms with E-state index in [1.54, 1.807) is 0 Å². The molecule has 0 fully saturated rings. The molecule has 0 spiro atoms. The third kappa shape index (κ3) is 3.42. The number of hydrogen-bond acceptors (Lipinski definition) is 3. The van der Waals surface area contributed by atoms with Crippen molar-refractivity contribution < 1.29 is 31.4 Å². The van der Waals surface area contributed by atoms with Crippen LogP contribution in [0.15, 0.2) is 10.7 Å². The normalized spacial score (nSPS) is 11.8.